The molecule has 1 unspecified atom stereocenters. The molecule has 118 valence electrons. The van der Waals surface area contributed by atoms with Gasteiger partial charge < -0.3 is 14.4 Å². The number of likely N-dealkylation sites (N-methyl/N-ethyl adjacent to an activating group) is 1. The predicted octanol–water partition coefficient (Wildman–Crippen LogP) is 2.10. The van der Waals surface area contributed by atoms with E-state index in [1.54, 1.807) is 26.2 Å². The number of hydrogen-bond donors (Lipinski definition) is 1. The number of ether oxygens (including phenoxy) is 2. The van der Waals surface area contributed by atoms with Crippen LogP contribution < -0.4 is 10.1 Å². The van der Waals surface area contributed by atoms with Gasteiger partial charge in [0, 0.05) is 13.1 Å². The Morgan fingerprint density at radius 3 is 2.67 bits per heavy atom. The van der Waals surface area contributed by atoms with E-state index in [-0.39, 0.29) is 5.97 Å². The van der Waals surface area contributed by atoms with E-state index >= 15 is 0 Å². The van der Waals surface area contributed by atoms with Gasteiger partial charge >= 0.3 is 5.97 Å². The molecule has 0 radical (unpaired) electrons. The molecule has 1 N–H and O–H groups in total. The van der Waals surface area contributed by atoms with Gasteiger partial charge in [-0.05, 0) is 38.7 Å². The quantitative estimate of drug-likeness (QED) is 0.745. The lowest BCUT2D eigenvalue weighted by molar-refractivity contribution is -0.145. The third-order valence-electron chi connectivity index (χ3n) is 2.94. The second-order valence-corrected chi connectivity index (χ2v) is 5.24. The minimum atomic E-state index is -0.534. The normalized spacial score (nSPS) is 12.3. The highest BCUT2D eigenvalue weighted by Crippen LogP contribution is 2.28. The number of nitrogens with zero attached hydrogens (tertiary/aromatic N) is 1. The molecule has 0 aromatic heterocycles. The molecular weight excluding hydrogens is 292 g/mol. The molecule has 1 aromatic rings. The molecule has 1 aromatic carbocycles. The number of hydrogen-bond acceptors (Lipinski definition) is 5. The van der Waals surface area contributed by atoms with Crippen LogP contribution >= 0.6 is 11.6 Å². The van der Waals surface area contributed by atoms with Gasteiger partial charge in [-0.3, -0.25) is 5.32 Å². The summed E-state index contributed by atoms with van der Waals surface area (Å²) >= 11 is 6.13. The molecule has 21 heavy (non-hydrogen) atoms. The Morgan fingerprint density at radius 2 is 2.14 bits per heavy atom. The Labute approximate surface area is 131 Å². The monoisotopic (exact) mass is 314 g/mol. The van der Waals surface area contributed by atoms with Crippen molar-refractivity contribution in [2.75, 3.05) is 40.9 Å². The molecule has 6 heteroatoms. The van der Waals surface area contributed by atoms with E-state index in [4.69, 9.17) is 21.1 Å². The Kier molecular flexibility index (Phi) is 7.50. The highest BCUT2D eigenvalue weighted by molar-refractivity contribution is 6.32. The maximum atomic E-state index is 12.1. The summed E-state index contributed by atoms with van der Waals surface area (Å²) < 4.78 is 10.2. The van der Waals surface area contributed by atoms with Crippen molar-refractivity contribution < 1.29 is 14.3 Å². The zero-order valence-electron chi connectivity index (χ0n) is 13.0. The van der Waals surface area contributed by atoms with Crippen molar-refractivity contribution in [1.29, 1.82) is 0 Å². The zero-order valence-corrected chi connectivity index (χ0v) is 13.7. The number of rotatable bonds is 8. The molecule has 0 bridgehead atoms. The van der Waals surface area contributed by atoms with Crippen LogP contribution in [0.15, 0.2) is 18.2 Å². The van der Waals surface area contributed by atoms with Crippen LogP contribution in [0.3, 0.4) is 0 Å². The molecular formula is C15H23ClN2O3. The molecule has 0 saturated carbocycles. The highest BCUT2D eigenvalue weighted by Gasteiger charge is 2.22. The van der Waals surface area contributed by atoms with Crippen molar-refractivity contribution >= 4 is 17.6 Å². The first kappa shape index (κ1) is 17.8. The number of nitrogens with one attached hydrogen (secondary N) is 1. The Morgan fingerprint density at radius 1 is 1.43 bits per heavy atom. The van der Waals surface area contributed by atoms with Gasteiger partial charge in [-0.25, -0.2) is 4.79 Å². The molecule has 0 amide bonds. The smallest absolute Gasteiger partial charge is 0.327 e. The van der Waals surface area contributed by atoms with Gasteiger partial charge in [0.25, 0.3) is 0 Å². The molecule has 0 saturated heterocycles. The van der Waals surface area contributed by atoms with Gasteiger partial charge in [0.15, 0.2) is 0 Å². The van der Waals surface area contributed by atoms with Crippen molar-refractivity contribution in [3.05, 3.63) is 28.8 Å². The van der Waals surface area contributed by atoms with Crippen LogP contribution in [0.2, 0.25) is 5.02 Å². The van der Waals surface area contributed by atoms with Crippen LogP contribution in [0.1, 0.15) is 18.5 Å². The first-order valence-corrected chi connectivity index (χ1v) is 7.25. The third-order valence-corrected chi connectivity index (χ3v) is 3.23. The molecule has 0 spiro atoms. The van der Waals surface area contributed by atoms with E-state index in [0.717, 1.165) is 12.1 Å². The van der Waals surface area contributed by atoms with Crippen molar-refractivity contribution in [2.45, 2.75) is 13.0 Å². The van der Waals surface area contributed by atoms with Crippen LogP contribution in [0, 0.1) is 0 Å². The van der Waals surface area contributed by atoms with E-state index in [1.165, 1.54) is 0 Å². The molecule has 0 heterocycles. The highest BCUT2D eigenvalue weighted by atomic mass is 35.5. The SMILES string of the molecule is CCOC(=O)C(NCCN(C)C)c1ccc(OC)c(Cl)c1. The molecule has 0 aliphatic heterocycles. The summed E-state index contributed by atoms with van der Waals surface area (Å²) in [6, 6.07) is 4.75. The average molecular weight is 315 g/mol. The van der Waals surface area contributed by atoms with Gasteiger partial charge in [0.2, 0.25) is 0 Å². The maximum absolute atomic E-state index is 12.1. The number of esters is 1. The van der Waals surface area contributed by atoms with Gasteiger partial charge in [0.1, 0.15) is 11.8 Å². The van der Waals surface area contributed by atoms with E-state index in [2.05, 4.69) is 5.32 Å². The van der Waals surface area contributed by atoms with Crippen LogP contribution in [-0.2, 0) is 9.53 Å². The van der Waals surface area contributed by atoms with Crippen LogP contribution in [0.5, 0.6) is 5.75 Å². The fourth-order valence-electron chi connectivity index (χ4n) is 1.86. The average Bonchev–Trinajstić information content (AvgIpc) is 2.43. The summed E-state index contributed by atoms with van der Waals surface area (Å²) in [7, 11) is 5.51. The number of methoxy groups -OCH3 is 1. The van der Waals surface area contributed by atoms with Gasteiger partial charge in [-0.1, -0.05) is 17.7 Å². The van der Waals surface area contributed by atoms with E-state index < -0.39 is 6.04 Å². The fraction of sp³-hybridized carbons (Fsp3) is 0.533. The Bertz CT molecular complexity index is 466. The summed E-state index contributed by atoms with van der Waals surface area (Å²) in [4.78, 5) is 14.2. The van der Waals surface area contributed by atoms with E-state index in [1.807, 2.05) is 25.1 Å². The maximum Gasteiger partial charge on any atom is 0.327 e. The lowest BCUT2D eigenvalue weighted by atomic mass is 10.1. The number of carbonyl (C=O) groups is 1. The topological polar surface area (TPSA) is 50.8 Å². The minimum absolute atomic E-state index is 0.308. The van der Waals surface area contributed by atoms with Crippen LogP contribution in [0.4, 0.5) is 0 Å². The minimum Gasteiger partial charge on any atom is -0.495 e. The van der Waals surface area contributed by atoms with E-state index in [0.29, 0.717) is 23.9 Å². The standard InChI is InChI=1S/C15H23ClN2O3/c1-5-21-15(19)14(17-8-9-18(2)3)11-6-7-13(20-4)12(16)10-11/h6-7,10,14,17H,5,8-9H2,1-4H3. The lowest BCUT2D eigenvalue weighted by Gasteiger charge is -2.19. The summed E-state index contributed by atoms with van der Waals surface area (Å²) in [5.74, 6) is 0.272. The second-order valence-electron chi connectivity index (χ2n) is 4.84. The van der Waals surface area contributed by atoms with Gasteiger partial charge in [-0.15, -0.1) is 0 Å². The van der Waals surface area contributed by atoms with Crippen LogP contribution in [0.25, 0.3) is 0 Å². The molecule has 0 aliphatic carbocycles. The summed E-state index contributed by atoms with van der Waals surface area (Å²) in [5.41, 5.74) is 0.762. The summed E-state index contributed by atoms with van der Waals surface area (Å²) in [6.07, 6.45) is 0. The van der Waals surface area contributed by atoms with Gasteiger partial charge in [-0.2, -0.15) is 0 Å². The van der Waals surface area contributed by atoms with E-state index in [9.17, 15) is 4.79 Å². The molecule has 5 nitrogen and oxygen atoms in total. The molecule has 1 rings (SSSR count). The first-order valence-electron chi connectivity index (χ1n) is 6.87. The largest absolute Gasteiger partial charge is 0.495 e. The number of carbonyl (C=O) groups excluding carboxylic acids is 1. The second kappa shape index (κ2) is 8.87. The summed E-state index contributed by atoms with van der Waals surface area (Å²) in [6.45, 7) is 3.62. The van der Waals surface area contributed by atoms with Crippen molar-refractivity contribution in [1.82, 2.24) is 10.2 Å². The molecule has 1 atom stereocenters. The van der Waals surface area contributed by atoms with Crippen molar-refractivity contribution in [3.63, 3.8) is 0 Å². The number of halogens is 1. The molecule has 0 aliphatic rings. The van der Waals surface area contributed by atoms with Crippen LogP contribution in [-0.4, -0.2) is 51.8 Å². The zero-order chi connectivity index (χ0) is 15.8. The summed E-state index contributed by atoms with van der Waals surface area (Å²) in [5, 5.41) is 3.67. The predicted molar refractivity (Wildman–Crippen MR) is 83.9 cm³/mol. The number of benzene rings is 1. The fourth-order valence-corrected chi connectivity index (χ4v) is 2.12. The van der Waals surface area contributed by atoms with Crippen molar-refractivity contribution in [2.24, 2.45) is 0 Å². The Hall–Kier alpha value is -1.30. The van der Waals surface area contributed by atoms with Gasteiger partial charge in [0.05, 0.1) is 18.7 Å². The Balaban J connectivity index is 2.89. The first-order chi connectivity index (χ1) is 9.99. The lowest BCUT2D eigenvalue weighted by Crippen LogP contribution is -2.35. The van der Waals surface area contributed by atoms with Crippen molar-refractivity contribution in [3.8, 4) is 5.75 Å². The third kappa shape index (κ3) is 5.53. The molecule has 0 fully saturated rings.